The minimum Gasteiger partial charge on any atom is -0.398 e. The fourth-order valence-electron chi connectivity index (χ4n) is 4.02. The Morgan fingerprint density at radius 2 is 1.82 bits per heavy atom. The molecule has 5 rings (SSSR count). The molecule has 0 saturated carbocycles. The van der Waals surface area contributed by atoms with Crippen molar-refractivity contribution in [1.29, 1.82) is 0 Å². The summed E-state index contributed by atoms with van der Waals surface area (Å²) in [6.07, 6.45) is 2.76. The second kappa shape index (κ2) is 8.56. The van der Waals surface area contributed by atoms with E-state index in [9.17, 15) is 0 Å². The summed E-state index contributed by atoms with van der Waals surface area (Å²) in [7, 11) is 0. The highest BCUT2D eigenvalue weighted by Gasteiger charge is 2.17. The number of aryl methyl sites for hydroxylation is 2. The molecule has 0 spiro atoms. The van der Waals surface area contributed by atoms with E-state index in [0.717, 1.165) is 60.8 Å². The number of fused-ring (bicyclic) bond motifs is 1. The highest BCUT2D eigenvalue weighted by molar-refractivity contribution is 7.19. The maximum Gasteiger partial charge on any atom is 0.188 e. The summed E-state index contributed by atoms with van der Waals surface area (Å²) >= 11 is 1.64. The molecule has 0 aliphatic rings. The van der Waals surface area contributed by atoms with E-state index in [1.807, 2.05) is 74.6 Å². The number of anilines is 3. The lowest BCUT2D eigenvalue weighted by molar-refractivity contribution is 1.18. The SMILES string of the molecule is C=C(Cc1ccccc1N)c1cccc(Nc2nc(C)c(-c3c(C)nc4ccccn34)s2)c1. The summed E-state index contributed by atoms with van der Waals surface area (Å²) in [6, 6.07) is 22.2. The number of aromatic nitrogens is 3. The van der Waals surface area contributed by atoms with E-state index in [0.29, 0.717) is 6.42 Å². The van der Waals surface area contributed by atoms with Gasteiger partial charge in [0.05, 0.1) is 22.0 Å². The van der Waals surface area contributed by atoms with E-state index in [2.05, 4.69) is 28.4 Å². The normalized spacial score (nSPS) is 11.1. The van der Waals surface area contributed by atoms with Crippen LogP contribution in [0.15, 0.2) is 79.5 Å². The minimum atomic E-state index is 0.712. The Morgan fingerprint density at radius 1 is 1.00 bits per heavy atom. The summed E-state index contributed by atoms with van der Waals surface area (Å²) < 4.78 is 2.12. The van der Waals surface area contributed by atoms with Gasteiger partial charge in [-0.25, -0.2) is 9.97 Å². The lowest BCUT2D eigenvalue weighted by Crippen LogP contribution is -1.96. The average Bonchev–Trinajstić information content (AvgIpc) is 3.33. The van der Waals surface area contributed by atoms with E-state index in [4.69, 9.17) is 15.7 Å². The predicted octanol–water partition coefficient (Wildman–Crippen LogP) is 6.66. The van der Waals surface area contributed by atoms with Crippen LogP contribution in [0.5, 0.6) is 0 Å². The number of nitrogen functional groups attached to an aromatic ring is 1. The van der Waals surface area contributed by atoms with Gasteiger partial charge in [0.15, 0.2) is 5.13 Å². The molecule has 6 heteroatoms. The van der Waals surface area contributed by atoms with Gasteiger partial charge in [-0.15, -0.1) is 0 Å². The maximum atomic E-state index is 6.11. The molecule has 0 bridgehead atoms. The monoisotopic (exact) mass is 451 g/mol. The number of hydrogen-bond acceptors (Lipinski definition) is 5. The van der Waals surface area contributed by atoms with Gasteiger partial charge in [0, 0.05) is 17.6 Å². The Morgan fingerprint density at radius 3 is 2.67 bits per heavy atom. The van der Waals surface area contributed by atoms with Gasteiger partial charge in [-0.1, -0.05) is 54.3 Å². The van der Waals surface area contributed by atoms with Crippen molar-refractivity contribution in [3.63, 3.8) is 0 Å². The van der Waals surface area contributed by atoms with Crippen molar-refractivity contribution >= 4 is 39.1 Å². The van der Waals surface area contributed by atoms with Crippen molar-refractivity contribution in [3.05, 3.63) is 102 Å². The molecular weight excluding hydrogens is 426 g/mol. The van der Waals surface area contributed by atoms with Gasteiger partial charge in [-0.3, -0.25) is 4.40 Å². The average molecular weight is 452 g/mol. The highest BCUT2D eigenvalue weighted by Crippen LogP contribution is 2.36. The van der Waals surface area contributed by atoms with Gasteiger partial charge in [-0.05, 0) is 67.3 Å². The van der Waals surface area contributed by atoms with Gasteiger partial charge in [-0.2, -0.15) is 0 Å². The van der Waals surface area contributed by atoms with E-state index >= 15 is 0 Å². The Bertz CT molecular complexity index is 1480. The van der Waals surface area contributed by atoms with E-state index in [1.165, 1.54) is 0 Å². The van der Waals surface area contributed by atoms with Crippen molar-refractivity contribution in [3.8, 4) is 10.6 Å². The zero-order chi connectivity index (χ0) is 22.9. The van der Waals surface area contributed by atoms with Gasteiger partial charge < -0.3 is 11.1 Å². The van der Waals surface area contributed by atoms with Crippen molar-refractivity contribution in [2.45, 2.75) is 20.3 Å². The van der Waals surface area contributed by atoms with E-state index in [-0.39, 0.29) is 0 Å². The predicted molar refractivity (Wildman–Crippen MR) is 139 cm³/mol. The van der Waals surface area contributed by atoms with Crippen LogP contribution in [0, 0.1) is 13.8 Å². The lowest BCUT2D eigenvalue weighted by atomic mass is 9.98. The van der Waals surface area contributed by atoms with Crippen molar-refractivity contribution in [2.75, 3.05) is 11.1 Å². The number of thiazole rings is 1. The fourth-order valence-corrected chi connectivity index (χ4v) is 5.11. The van der Waals surface area contributed by atoms with E-state index in [1.54, 1.807) is 11.3 Å². The number of para-hydroxylation sites is 1. The first-order valence-electron chi connectivity index (χ1n) is 10.8. The molecule has 164 valence electrons. The molecule has 3 heterocycles. The first-order valence-corrected chi connectivity index (χ1v) is 11.6. The van der Waals surface area contributed by atoms with Crippen LogP contribution < -0.4 is 11.1 Å². The van der Waals surface area contributed by atoms with Crippen LogP contribution >= 0.6 is 11.3 Å². The van der Waals surface area contributed by atoms with Gasteiger partial charge in [0.2, 0.25) is 0 Å². The molecule has 0 saturated heterocycles. The first-order chi connectivity index (χ1) is 16.0. The fraction of sp³-hybridized carbons (Fsp3) is 0.111. The van der Waals surface area contributed by atoms with Crippen molar-refractivity contribution < 1.29 is 0 Å². The number of nitrogens with two attached hydrogens (primary N) is 1. The molecule has 3 aromatic heterocycles. The second-order valence-corrected chi connectivity index (χ2v) is 9.09. The smallest absolute Gasteiger partial charge is 0.188 e. The molecule has 0 amide bonds. The van der Waals surface area contributed by atoms with Crippen LogP contribution in [-0.4, -0.2) is 14.4 Å². The van der Waals surface area contributed by atoms with Crippen LogP contribution in [0.25, 0.3) is 21.8 Å². The van der Waals surface area contributed by atoms with Gasteiger partial charge in [0.1, 0.15) is 5.65 Å². The standard InChI is InChI=1S/C27H25N5S/c1-17(15-21-9-4-5-12-23(21)28)20-10-8-11-22(16-20)31-27-30-19(3)26(33-27)25-18(2)29-24-13-6-7-14-32(24)25/h4-14,16H,1,15,28H2,2-3H3,(H,30,31). The molecule has 0 aliphatic carbocycles. The van der Waals surface area contributed by atoms with Crippen molar-refractivity contribution in [2.24, 2.45) is 0 Å². The first kappa shape index (κ1) is 21.0. The summed E-state index contributed by atoms with van der Waals surface area (Å²) in [5.74, 6) is 0. The number of allylic oxidation sites excluding steroid dienone is 1. The van der Waals surface area contributed by atoms with Crippen LogP contribution in [0.1, 0.15) is 22.5 Å². The molecule has 5 nitrogen and oxygen atoms in total. The second-order valence-electron chi connectivity index (χ2n) is 8.09. The topological polar surface area (TPSA) is 68.2 Å². The molecule has 5 aromatic rings. The number of imidazole rings is 1. The lowest BCUT2D eigenvalue weighted by Gasteiger charge is -2.10. The number of rotatable bonds is 6. The summed E-state index contributed by atoms with van der Waals surface area (Å²) in [6.45, 7) is 8.38. The Balaban J connectivity index is 1.40. The molecule has 0 atom stereocenters. The summed E-state index contributed by atoms with van der Waals surface area (Å²) in [4.78, 5) is 10.6. The Kier molecular flexibility index (Phi) is 5.44. The number of pyridine rings is 1. The highest BCUT2D eigenvalue weighted by atomic mass is 32.1. The minimum absolute atomic E-state index is 0.712. The molecule has 0 radical (unpaired) electrons. The van der Waals surface area contributed by atoms with Crippen LogP contribution in [0.4, 0.5) is 16.5 Å². The molecule has 3 N–H and O–H groups in total. The summed E-state index contributed by atoms with van der Waals surface area (Å²) in [5.41, 5.74) is 15.1. The largest absolute Gasteiger partial charge is 0.398 e. The molecule has 2 aromatic carbocycles. The molecular formula is C27H25N5S. The third-order valence-corrected chi connectivity index (χ3v) is 6.78. The summed E-state index contributed by atoms with van der Waals surface area (Å²) in [5, 5.41) is 4.33. The van der Waals surface area contributed by atoms with E-state index < -0.39 is 0 Å². The molecule has 0 fully saturated rings. The van der Waals surface area contributed by atoms with Crippen LogP contribution in [-0.2, 0) is 6.42 Å². The quantitative estimate of drug-likeness (QED) is 0.283. The molecule has 0 aliphatic heterocycles. The molecule has 0 unspecified atom stereocenters. The third-order valence-electron chi connectivity index (χ3n) is 5.70. The number of nitrogens with zero attached hydrogens (tertiary/aromatic N) is 3. The van der Waals surface area contributed by atoms with Gasteiger partial charge in [0.25, 0.3) is 0 Å². The molecule has 33 heavy (non-hydrogen) atoms. The Hall–Kier alpha value is -3.90. The van der Waals surface area contributed by atoms with Gasteiger partial charge >= 0.3 is 0 Å². The third kappa shape index (κ3) is 4.13. The number of benzene rings is 2. The zero-order valence-electron chi connectivity index (χ0n) is 18.7. The van der Waals surface area contributed by atoms with Crippen molar-refractivity contribution in [1.82, 2.24) is 14.4 Å². The van der Waals surface area contributed by atoms with Crippen LogP contribution in [0.3, 0.4) is 0 Å². The number of nitrogens with one attached hydrogen (secondary N) is 1. The van der Waals surface area contributed by atoms with Crippen LogP contribution in [0.2, 0.25) is 0 Å². The number of hydrogen-bond donors (Lipinski definition) is 2. The zero-order valence-corrected chi connectivity index (χ0v) is 19.5. The Labute approximate surface area is 197 Å². The maximum absolute atomic E-state index is 6.11.